The van der Waals surface area contributed by atoms with Crippen LogP contribution in [-0.4, -0.2) is 11.5 Å². The highest BCUT2D eigenvalue weighted by molar-refractivity contribution is 9.10. The van der Waals surface area contributed by atoms with Crippen LogP contribution in [0.5, 0.6) is 5.75 Å². The molecule has 0 saturated carbocycles. The van der Waals surface area contributed by atoms with Crippen molar-refractivity contribution in [1.82, 2.24) is 10.3 Å². The first kappa shape index (κ1) is 15.9. The average Bonchev–Trinajstić information content (AvgIpc) is 2.47. The number of hydrogen-bond acceptors (Lipinski definition) is 3. The Labute approximate surface area is 132 Å². The van der Waals surface area contributed by atoms with Crippen LogP contribution in [0, 0.1) is 5.82 Å². The molecule has 0 bridgehead atoms. The molecule has 21 heavy (non-hydrogen) atoms. The van der Waals surface area contributed by atoms with E-state index in [4.69, 9.17) is 4.74 Å². The lowest BCUT2D eigenvalue weighted by Crippen LogP contribution is -2.15. The fourth-order valence-electron chi connectivity index (χ4n) is 1.85. The highest BCUT2D eigenvalue weighted by Crippen LogP contribution is 2.26. The Hall–Kier alpha value is -1.46. The highest BCUT2D eigenvalue weighted by Gasteiger charge is 2.04. The summed E-state index contributed by atoms with van der Waals surface area (Å²) in [6.07, 6.45) is 1.10. The third-order valence-electron chi connectivity index (χ3n) is 2.87. The van der Waals surface area contributed by atoms with Gasteiger partial charge in [-0.05, 0) is 59.2 Å². The molecule has 3 nitrogen and oxygen atoms in total. The van der Waals surface area contributed by atoms with Crippen molar-refractivity contribution in [3.63, 3.8) is 0 Å². The van der Waals surface area contributed by atoms with Gasteiger partial charge < -0.3 is 10.1 Å². The van der Waals surface area contributed by atoms with E-state index in [0.717, 1.165) is 30.9 Å². The van der Waals surface area contributed by atoms with Gasteiger partial charge in [0.05, 0.1) is 15.9 Å². The second-order valence-electron chi connectivity index (χ2n) is 4.66. The minimum absolute atomic E-state index is 0.295. The number of aromatic nitrogens is 1. The van der Waals surface area contributed by atoms with Gasteiger partial charge in [-0.15, -0.1) is 0 Å². The maximum absolute atomic E-state index is 13.0. The molecule has 0 fully saturated rings. The van der Waals surface area contributed by atoms with E-state index in [0.29, 0.717) is 16.8 Å². The number of hydrogen-bond donors (Lipinski definition) is 1. The van der Waals surface area contributed by atoms with Crippen molar-refractivity contribution in [2.24, 2.45) is 0 Å². The Balaban J connectivity index is 1.95. The molecule has 1 aromatic carbocycles. The Kier molecular flexibility index (Phi) is 6.14. The van der Waals surface area contributed by atoms with E-state index in [9.17, 15) is 4.39 Å². The predicted octanol–water partition coefficient (Wildman–Crippen LogP) is 4.06. The van der Waals surface area contributed by atoms with Crippen LogP contribution in [0.2, 0.25) is 0 Å². The van der Waals surface area contributed by atoms with Crippen LogP contribution in [0.25, 0.3) is 0 Å². The highest BCUT2D eigenvalue weighted by atomic mass is 79.9. The number of rotatable bonds is 7. The van der Waals surface area contributed by atoms with E-state index in [1.165, 1.54) is 12.1 Å². The number of ether oxygens (including phenoxy) is 1. The first-order valence-electron chi connectivity index (χ1n) is 6.92. The molecule has 0 unspecified atom stereocenters. The van der Waals surface area contributed by atoms with Gasteiger partial charge in [0.2, 0.25) is 0 Å². The quantitative estimate of drug-likeness (QED) is 0.763. The Morgan fingerprint density at radius 3 is 2.81 bits per heavy atom. The summed E-state index contributed by atoms with van der Waals surface area (Å²) in [6.45, 7) is 4.21. The van der Waals surface area contributed by atoms with Crippen molar-refractivity contribution in [2.75, 3.05) is 6.54 Å². The second kappa shape index (κ2) is 8.10. The molecular formula is C16H18BrFN2O. The molecule has 1 aromatic heterocycles. The molecular weight excluding hydrogens is 335 g/mol. The zero-order valence-corrected chi connectivity index (χ0v) is 13.5. The van der Waals surface area contributed by atoms with Gasteiger partial charge in [0.25, 0.3) is 0 Å². The van der Waals surface area contributed by atoms with E-state index in [-0.39, 0.29) is 5.82 Å². The molecule has 2 rings (SSSR count). The van der Waals surface area contributed by atoms with E-state index in [2.05, 4.69) is 33.2 Å². The molecule has 1 N–H and O–H groups in total. The predicted molar refractivity (Wildman–Crippen MR) is 84.7 cm³/mol. The fraction of sp³-hybridized carbons (Fsp3) is 0.312. The maximum atomic E-state index is 13.0. The lowest BCUT2D eigenvalue weighted by molar-refractivity contribution is 0.298. The maximum Gasteiger partial charge on any atom is 0.134 e. The normalized spacial score (nSPS) is 10.6. The summed E-state index contributed by atoms with van der Waals surface area (Å²) < 4.78 is 19.3. The first-order chi connectivity index (χ1) is 10.2. The lowest BCUT2D eigenvalue weighted by atomic mass is 10.3. The van der Waals surface area contributed by atoms with E-state index in [1.54, 1.807) is 6.07 Å². The Morgan fingerprint density at radius 1 is 1.24 bits per heavy atom. The molecule has 0 radical (unpaired) electrons. The topological polar surface area (TPSA) is 34.1 Å². The van der Waals surface area contributed by atoms with E-state index in [1.807, 2.05) is 18.2 Å². The average molecular weight is 353 g/mol. The summed E-state index contributed by atoms with van der Waals surface area (Å²) >= 11 is 3.28. The molecule has 1 heterocycles. The van der Waals surface area contributed by atoms with Crippen molar-refractivity contribution >= 4 is 15.9 Å². The van der Waals surface area contributed by atoms with Crippen molar-refractivity contribution in [3.05, 3.63) is 58.1 Å². The van der Waals surface area contributed by atoms with Crippen molar-refractivity contribution < 1.29 is 9.13 Å². The Morgan fingerprint density at radius 2 is 2.05 bits per heavy atom. The number of pyridine rings is 1. The van der Waals surface area contributed by atoms with Crippen molar-refractivity contribution in [3.8, 4) is 5.75 Å². The fourth-order valence-corrected chi connectivity index (χ4v) is 2.31. The zero-order chi connectivity index (χ0) is 15.1. The zero-order valence-electron chi connectivity index (χ0n) is 11.9. The number of nitrogens with zero attached hydrogens (tertiary/aromatic N) is 1. The summed E-state index contributed by atoms with van der Waals surface area (Å²) in [6, 6.07) is 10.2. The third kappa shape index (κ3) is 5.10. The van der Waals surface area contributed by atoms with Gasteiger partial charge in [-0.2, -0.15) is 0 Å². The monoisotopic (exact) mass is 352 g/mol. The molecule has 112 valence electrons. The minimum Gasteiger partial charge on any atom is -0.486 e. The molecule has 5 heteroatoms. The summed E-state index contributed by atoms with van der Waals surface area (Å²) in [7, 11) is 0. The second-order valence-corrected chi connectivity index (χ2v) is 5.51. The molecule has 0 amide bonds. The van der Waals surface area contributed by atoms with Gasteiger partial charge in [0.15, 0.2) is 0 Å². The van der Waals surface area contributed by atoms with Crippen LogP contribution in [0.1, 0.15) is 24.7 Å². The van der Waals surface area contributed by atoms with Gasteiger partial charge >= 0.3 is 0 Å². The van der Waals surface area contributed by atoms with Crippen LogP contribution >= 0.6 is 15.9 Å². The van der Waals surface area contributed by atoms with E-state index >= 15 is 0 Å². The van der Waals surface area contributed by atoms with Crippen molar-refractivity contribution in [1.29, 1.82) is 0 Å². The van der Waals surface area contributed by atoms with Crippen LogP contribution in [0.4, 0.5) is 4.39 Å². The SMILES string of the molecule is CCCNCc1cccc(COc2ccc(F)cc2Br)n1. The number of halogens is 2. The van der Waals surface area contributed by atoms with Gasteiger partial charge in [0, 0.05) is 6.54 Å². The lowest BCUT2D eigenvalue weighted by Gasteiger charge is -2.09. The first-order valence-corrected chi connectivity index (χ1v) is 7.71. The Bertz CT molecular complexity index is 592. The molecule has 0 aliphatic rings. The third-order valence-corrected chi connectivity index (χ3v) is 3.49. The molecule has 0 aliphatic heterocycles. The van der Waals surface area contributed by atoms with Crippen LogP contribution in [-0.2, 0) is 13.2 Å². The molecule has 0 spiro atoms. The summed E-state index contributed by atoms with van der Waals surface area (Å²) in [5, 5.41) is 3.32. The molecule has 0 atom stereocenters. The largest absolute Gasteiger partial charge is 0.486 e. The molecule has 0 saturated heterocycles. The van der Waals surface area contributed by atoms with Gasteiger partial charge in [-0.25, -0.2) is 4.39 Å². The van der Waals surface area contributed by atoms with Gasteiger partial charge in [-0.1, -0.05) is 13.0 Å². The summed E-state index contributed by atoms with van der Waals surface area (Å²) in [5.74, 6) is 0.309. The standard InChI is InChI=1S/C16H18BrFN2O/c1-2-8-19-10-13-4-3-5-14(20-13)11-21-16-7-6-12(18)9-15(16)17/h3-7,9,19H,2,8,10-11H2,1H3. The van der Waals surface area contributed by atoms with Crippen LogP contribution in [0.15, 0.2) is 40.9 Å². The van der Waals surface area contributed by atoms with E-state index < -0.39 is 0 Å². The van der Waals surface area contributed by atoms with Crippen LogP contribution in [0.3, 0.4) is 0 Å². The summed E-state index contributed by atoms with van der Waals surface area (Å²) in [5.41, 5.74) is 1.84. The number of nitrogens with one attached hydrogen (secondary N) is 1. The number of benzene rings is 1. The molecule has 2 aromatic rings. The van der Waals surface area contributed by atoms with Crippen molar-refractivity contribution in [2.45, 2.75) is 26.5 Å². The summed E-state index contributed by atoms with van der Waals surface area (Å²) in [4.78, 5) is 4.53. The van der Waals surface area contributed by atoms with Gasteiger partial charge in [-0.3, -0.25) is 4.98 Å². The van der Waals surface area contributed by atoms with Crippen LogP contribution < -0.4 is 10.1 Å². The smallest absolute Gasteiger partial charge is 0.134 e. The van der Waals surface area contributed by atoms with Gasteiger partial charge in [0.1, 0.15) is 18.2 Å². The molecule has 0 aliphatic carbocycles. The minimum atomic E-state index is -0.295.